The first-order valence-corrected chi connectivity index (χ1v) is 25.4. The van der Waals surface area contributed by atoms with Gasteiger partial charge in [0.05, 0.1) is 78.2 Å². The molecular weight excluding hydrogens is 851 g/mol. The molecule has 5 aliphatic rings. The number of carboxylic acid groups (broad SMARTS) is 1. The summed E-state index contributed by atoms with van der Waals surface area (Å²) in [5.74, 6) is 0.638. The van der Waals surface area contributed by atoms with Crippen LogP contribution in [0.4, 0.5) is 0 Å². The SMILES string of the molecule is C[C@H](CCC(=O)O)[C@H]1CC[C@H]2[C@@H]3[C@H](OC(=O)CN4CCOCCOCCOCCOCCOCC4)C[C@@H]4C[C@H](OC(=O)c5ccc6ccc7cccc8ccc5c6c78)CC[C@]4(C)[C@H]3CC[C@]12C. The van der Waals surface area contributed by atoms with Gasteiger partial charge in [-0.15, -0.1) is 0 Å². The van der Waals surface area contributed by atoms with Crippen molar-refractivity contribution in [3.8, 4) is 0 Å². The number of carboxylic acids is 1. The molecule has 0 aromatic heterocycles. The maximum atomic E-state index is 14.4. The second kappa shape index (κ2) is 21.4. The van der Waals surface area contributed by atoms with Gasteiger partial charge in [0.25, 0.3) is 0 Å². The number of esters is 2. The summed E-state index contributed by atoms with van der Waals surface area (Å²) in [6.07, 6.45) is 7.88. The summed E-state index contributed by atoms with van der Waals surface area (Å²) < 4.78 is 42.1. The van der Waals surface area contributed by atoms with E-state index in [1.54, 1.807) is 0 Å². The molecule has 0 radical (unpaired) electrons. The quantitative estimate of drug-likeness (QED) is 0.127. The van der Waals surface area contributed by atoms with Crippen molar-refractivity contribution >= 4 is 50.2 Å². The van der Waals surface area contributed by atoms with Gasteiger partial charge in [-0.25, -0.2) is 4.79 Å². The van der Waals surface area contributed by atoms with E-state index in [1.165, 1.54) is 5.39 Å². The fourth-order valence-corrected chi connectivity index (χ4v) is 14.1. The standard InChI is InChI=1S/C55H73NO11/c1-36(7-16-48(57)58)44-14-15-45-52-46(18-20-55(44,45)3)54(2)19-17-41(66-53(60)43-13-11-39-9-8-37-5-4-6-38-10-12-42(43)51(39)50(37)38)33-40(54)34-47(52)67-49(59)35-56-21-23-61-25-27-63-29-31-65-32-30-64-28-26-62-24-22-56/h4-6,8-13,36,40-41,44-47,52H,7,14-35H2,1-3H3,(H,57,58)/t36-,40+,41-,44-,45+,46+,47-,52+,54+,55-/m1/s1. The van der Waals surface area contributed by atoms with Gasteiger partial charge in [0, 0.05) is 25.4 Å². The van der Waals surface area contributed by atoms with Crippen LogP contribution in [0.15, 0.2) is 54.6 Å². The summed E-state index contributed by atoms with van der Waals surface area (Å²) in [5, 5.41) is 16.2. The van der Waals surface area contributed by atoms with Crippen molar-refractivity contribution in [1.82, 2.24) is 4.90 Å². The highest BCUT2D eigenvalue weighted by Crippen LogP contribution is 2.69. The Kier molecular flexibility index (Phi) is 15.4. The summed E-state index contributed by atoms with van der Waals surface area (Å²) in [6, 6.07) is 18.8. The van der Waals surface area contributed by atoms with Crippen LogP contribution < -0.4 is 0 Å². The van der Waals surface area contributed by atoms with Gasteiger partial charge in [-0.1, -0.05) is 69.3 Å². The van der Waals surface area contributed by atoms with Gasteiger partial charge >= 0.3 is 17.9 Å². The zero-order valence-corrected chi connectivity index (χ0v) is 40.1. The second-order valence-electron chi connectivity index (χ2n) is 21.0. The minimum atomic E-state index is -0.734. The Morgan fingerprint density at radius 2 is 1.27 bits per heavy atom. The van der Waals surface area contributed by atoms with Crippen LogP contribution in [0, 0.1) is 46.3 Å². The number of carbonyl (C=O) groups is 3. The third kappa shape index (κ3) is 10.4. The fourth-order valence-electron chi connectivity index (χ4n) is 14.1. The lowest BCUT2D eigenvalue weighted by Gasteiger charge is -2.62. The minimum Gasteiger partial charge on any atom is -0.481 e. The summed E-state index contributed by atoms with van der Waals surface area (Å²) in [7, 11) is 0. The van der Waals surface area contributed by atoms with E-state index in [0.29, 0.717) is 115 Å². The van der Waals surface area contributed by atoms with Crippen molar-refractivity contribution in [2.75, 3.05) is 85.7 Å². The molecule has 0 bridgehead atoms. The number of hydrogen-bond donors (Lipinski definition) is 1. The fraction of sp³-hybridized carbons (Fsp3) is 0.655. The number of hydrogen-bond acceptors (Lipinski definition) is 11. The Balaban J connectivity index is 0.927. The number of aliphatic carboxylic acids is 1. The lowest BCUT2D eigenvalue weighted by atomic mass is 9.43. The van der Waals surface area contributed by atoms with E-state index < -0.39 is 5.97 Å². The van der Waals surface area contributed by atoms with E-state index in [4.69, 9.17) is 33.2 Å². The van der Waals surface area contributed by atoms with Gasteiger partial charge in [0.1, 0.15) is 12.2 Å². The Labute approximate surface area is 395 Å². The molecule has 1 N–H and O–H groups in total. The topological polar surface area (TPSA) is 139 Å². The van der Waals surface area contributed by atoms with Crippen LogP contribution in [0.3, 0.4) is 0 Å². The molecule has 4 aromatic rings. The molecule has 4 aromatic carbocycles. The van der Waals surface area contributed by atoms with Crippen molar-refractivity contribution in [2.24, 2.45) is 46.3 Å². The predicted molar refractivity (Wildman–Crippen MR) is 256 cm³/mol. The Bertz CT molecular complexity index is 2280. The van der Waals surface area contributed by atoms with E-state index in [-0.39, 0.29) is 59.8 Å². The molecular formula is C55H73NO11. The number of nitrogens with zero attached hydrogens (tertiary/aromatic N) is 1. The van der Waals surface area contributed by atoms with Crippen LogP contribution >= 0.6 is 0 Å². The van der Waals surface area contributed by atoms with E-state index in [0.717, 1.165) is 78.3 Å². The number of ether oxygens (including phenoxy) is 7. The molecule has 0 amide bonds. The van der Waals surface area contributed by atoms with Gasteiger partial charge in [0.15, 0.2) is 0 Å². The average Bonchev–Trinajstić information content (AvgIpc) is 3.68. The van der Waals surface area contributed by atoms with Gasteiger partial charge in [-0.3, -0.25) is 14.5 Å². The molecule has 67 heavy (non-hydrogen) atoms. The summed E-state index contributed by atoms with van der Waals surface area (Å²) in [6.45, 7) is 13.1. The number of fused-ring (bicyclic) bond motifs is 5. The molecule has 4 saturated carbocycles. The zero-order valence-electron chi connectivity index (χ0n) is 40.1. The average molecular weight is 924 g/mol. The summed E-state index contributed by atoms with van der Waals surface area (Å²) >= 11 is 0. The lowest BCUT2D eigenvalue weighted by molar-refractivity contribution is -0.196. The first-order chi connectivity index (χ1) is 32.5. The molecule has 0 unspecified atom stereocenters. The van der Waals surface area contributed by atoms with Crippen LogP contribution in [0.1, 0.15) is 95.3 Å². The predicted octanol–water partition coefficient (Wildman–Crippen LogP) is 9.19. The largest absolute Gasteiger partial charge is 0.481 e. The van der Waals surface area contributed by atoms with Crippen LogP contribution in [0.2, 0.25) is 0 Å². The highest BCUT2D eigenvalue weighted by atomic mass is 16.6. The molecule has 12 nitrogen and oxygen atoms in total. The molecule has 1 saturated heterocycles. The molecule has 1 aliphatic heterocycles. The van der Waals surface area contributed by atoms with Crippen molar-refractivity contribution in [1.29, 1.82) is 0 Å². The normalized spacial score (nSPS) is 32.4. The van der Waals surface area contributed by atoms with E-state index >= 15 is 0 Å². The van der Waals surface area contributed by atoms with Crippen molar-refractivity contribution in [2.45, 2.75) is 97.2 Å². The molecule has 1 heterocycles. The Hall–Kier alpha value is -3.91. The van der Waals surface area contributed by atoms with Crippen LogP contribution in [0.5, 0.6) is 0 Å². The summed E-state index contributed by atoms with van der Waals surface area (Å²) in [5.41, 5.74) is 0.657. The van der Waals surface area contributed by atoms with Crippen LogP contribution in [-0.4, -0.2) is 126 Å². The Morgan fingerprint density at radius 3 is 1.93 bits per heavy atom. The smallest absolute Gasteiger partial charge is 0.339 e. The maximum Gasteiger partial charge on any atom is 0.339 e. The van der Waals surface area contributed by atoms with Gasteiger partial charge in [-0.05, 0) is 137 Å². The highest BCUT2D eigenvalue weighted by molar-refractivity contribution is 6.26. The van der Waals surface area contributed by atoms with Crippen LogP contribution in [-0.2, 0) is 42.7 Å². The summed E-state index contributed by atoms with van der Waals surface area (Å²) in [4.78, 5) is 42.4. The number of rotatable bonds is 9. The van der Waals surface area contributed by atoms with Gasteiger partial charge in [0.2, 0.25) is 0 Å². The van der Waals surface area contributed by atoms with E-state index in [2.05, 4.69) is 68.1 Å². The number of benzene rings is 4. The first-order valence-electron chi connectivity index (χ1n) is 25.4. The Morgan fingerprint density at radius 1 is 0.687 bits per heavy atom. The molecule has 364 valence electrons. The van der Waals surface area contributed by atoms with Crippen molar-refractivity contribution in [3.05, 3.63) is 60.2 Å². The maximum absolute atomic E-state index is 14.4. The zero-order chi connectivity index (χ0) is 46.5. The van der Waals surface area contributed by atoms with E-state index in [1.807, 2.05) is 12.1 Å². The minimum absolute atomic E-state index is 0.0115. The first kappa shape index (κ1) is 48.1. The van der Waals surface area contributed by atoms with Crippen LogP contribution in [0.25, 0.3) is 32.3 Å². The molecule has 0 spiro atoms. The lowest BCUT2D eigenvalue weighted by Crippen LogP contribution is -2.59. The van der Waals surface area contributed by atoms with Crippen molar-refractivity contribution < 1.29 is 52.6 Å². The second-order valence-corrected chi connectivity index (χ2v) is 21.0. The highest BCUT2D eigenvalue weighted by Gasteiger charge is 2.64. The molecule has 12 heteroatoms. The molecule has 4 aliphatic carbocycles. The third-order valence-corrected chi connectivity index (χ3v) is 17.4. The number of carbonyl (C=O) groups excluding carboxylic acids is 2. The molecule has 5 fully saturated rings. The third-order valence-electron chi connectivity index (χ3n) is 17.4. The van der Waals surface area contributed by atoms with Gasteiger partial charge < -0.3 is 38.3 Å². The van der Waals surface area contributed by atoms with Crippen molar-refractivity contribution in [3.63, 3.8) is 0 Å². The monoisotopic (exact) mass is 924 g/mol. The molecule has 10 atom stereocenters. The molecule has 9 rings (SSSR count). The van der Waals surface area contributed by atoms with Gasteiger partial charge in [-0.2, -0.15) is 0 Å². The van der Waals surface area contributed by atoms with E-state index in [9.17, 15) is 19.5 Å².